The Morgan fingerprint density at radius 2 is 1.82 bits per heavy atom. The van der Waals surface area contributed by atoms with Gasteiger partial charge in [0.15, 0.2) is 0 Å². The van der Waals surface area contributed by atoms with Gasteiger partial charge in [-0.25, -0.2) is 4.68 Å². The molecule has 5 nitrogen and oxygen atoms in total. The predicted octanol–water partition coefficient (Wildman–Crippen LogP) is 4.28. The van der Waals surface area contributed by atoms with Crippen molar-refractivity contribution in [1.29, 1.82) is 0 Å². The van der Waals surface area contributed by atoms with Gasteiger partial charge in [0.25, 0.3) is 5.56 Å². The minimum absolute atomic E-state index is 0.0395. The molecule has 4 rings (SSSR count). The Kier molecular flexibility index (Phi) is 5.74. The lowest BCUT2D eigenvalue weighted by Crippen LogP contribution is -2.32. The Morgan fingerprint density at radius 1 is 1.11 bits per heavy atom. The third-order valence-corrected chi connectivity index (χ3v) is 5.34. The van der Waals surface area contributed by atoms with E-state index in [-0.39, 0.29) is 22.7 Å². The van der Waals surface area contributed by atoms with Crippen molar-refractivity contribution in [3.05, 3.63) is 93.4 Å². The van der Waals surface area contributed by atoms with Crippen molar-refractivity contribution >= 4 is 17.3 Å². The number of nitrogens with one attached hydrogen (secondary N) is 1. The Bertz CT molecular complexity index is 976. The van der Waals surface area contributed by atoms with Crippen LogP contribution in [0.4, 0.5) is 5.69 Å². The zero-order chi connectivity index (χ0) is 19.3. The van der Waals surface area contributed by atoms with E-state index in [1.54, 1.807) is 6.20 Å². The number of anilines is 1. The topological polar surface area (TPSA) is 56.1 Å². The van der Waals surface area contributed by atoms with Gasteiger partial charge in [0.1, 0.15) is 5.02 Å². The summed E-state index contributed by atoms with van der Waals surface area (Å²) in [7, 11) is 0. The van der Waals surface area contributed by atoms with Crippen LogP contribution in [0.2, 0.25) is 5.02 Å². The predicted molar refractivity (Wildman–Crippen MR) is 111 cm³/mol. The van der Waals surface area contributed by atoms with Crippen LogP contribution in [0, 0.1) is 0 Å². The Balaban J connectivity index is 1.47. The number of hydrogen-bond donors (Lipinski definition) is 1. The fourth-order valence-electron chi connectivity index (χ4n) is 3.48. The van der Waals surface area contributed by atoms with Gasteiger partial charge in [0.05, 0.1) is 24.5 Å². The van der Waals surface area contributed by atoms with Crippen LogP contribution >= 0.6 is 11.6 Å². The molecule has 1 N–H and O–H groups in total. The zero-order valence-electron chi connectivity index (χ0n) is 15.4. The van der Waals surface area contributed by atoms with Crippen LogP contribution in [0.5, 0.6) is 0 Å². The molecule has 0 saturated carbocycles. The normalized spacial score (nSPS) is 19.3. The number of halogens is 1. The average molecular weight is 396 g/mol. The van der Waals surface area contributed by atoms with Crippen molar-refractivity contribution in [1.82, 2.24) is 9.78 Å². The highest BCUT2D eigenvalue weighted by atomic mass is 35.5. The summed E-state index contributed by atoms with van der Waals surface area (Å²) in [5, 5.41) is 7.87. The lowest BCUT2D eigenvalue weighted by molar-refractivity contribution is 0.00979. The summed E-state index contributed by atoms with van der Waals surface area (Å²) in [6.45, 7) is 1.06. The van der Waals surface area contributed by atoms with Crippen molar-refractivity contribution in [3.63, 3.8) is 0 Å². The monoisotopic (exact) mass is 395 g/mol. The summed E-state index contributed by atoms with van der Waals surface area (Å²) in [6, 6.07) is 20.1. The molecule has 1 aliphatic heterocycles. The van der Waals surface area contributed by atoms with Gasteiger partial charge in [-0.1, -0.05) is 72.3 Å². The number of benzene rings is 2. The molecule has 2 heterocycles. The smallest absolute Gasteiger partial charge is 0.287 e. The number of rotatable bonds is 5. The highest BCUT2D eigenvalue weighted by molar-refractivity contribution is 6.32. The molecule has 0 radical (unpaired) electrons. The van der Waals surface area contributed by atoms with Crippen LogP contribution in [-0.4, -0.2) is 22.4 Å². The maximum Gasteiger partial charge on any atom is 0.287 e. The SMILES string of the molecule is O=c1c(Cl)c(NC2CCOC(c3ccccc3)C2)cnn1Cc1ccccc1. The first kappa shape index (κ1) is 18.7. The number of nitrogens with zero attached hydrogens (tertiary/aromatic N) is 2. The lowest BCUT2D eigenvalue weighted by Gasteiger charge is -2.31. The Hall–Kier alpha value is -2.63. The van der Waals surface area contributed by atoms with Crippen LogP contribution < -0.4 is 10.9 Å². The number of ether oxygens (including phenoxy) is 1. The van der Waals surface area contributed by atoms with Crippen LogP contribution in [-0.2, 0) is 11.3 Å². The summed E-state index contributed by atoms with van der Waals surface area (Å²) >= 11 is 6.37. The number of aromatic nitrogens is 2. The van der Waals surface area contributed by atoms with Crippen molar-refractivity contribution in [2.24, 2.45) is 0 Å². The van der Waals surface area contributed by atoms with Crippen LogP contribution in [0.1, 0.15) is 30.1 Å². The highest BCUT2D eigenvalue weighted by Gasteiger charge is 2.24. The molecule has 1 aromatic heterocycles. The first-order valence-corrected chi connectivity index (χ1v) is 9.81. The summed E-state index contributed by atoms with van der Waals surface area (Å²) in [5.74, 6) is 0. The molecule has 3 aromatic rings. The molecule has 0 aliphatic carbocycles. The molecule has 6 heteroatoms. The second kappa shape index (κ2) is 8.59. The van der Waals surface area contributed by atoms with Gasteiger partial charge in [-0.3, -0.25) is 4.79 Å². The molecule has 28 heavy (non-hydrogen) atoms. The molecule has 0 amide bonds. The maximum atomic E-state index is 12.6. The summed E-state index contributed by atoms with van der Waals surface area (Å²) < 4.78 is 7.31. The van der Waals surface area contributed by atoms with E-state index in [0.717, 1.165) is 24.0 Å². The third kappa shape index (κ3) is 4.26. The van der Waals surface area contributed by atoms with Crippen molar-refractivity contribution in [3.8, 4) is 0 Å². The van der Waals surface area contributed by atoms with E-state index in [0.29, 0.717) is 18.8 Å². The molecule has 2 unspecified atom stereocenters. The van der Waals surface area contributed by atoms with E-state index >= 15 is 0 Å². The average Bonchev–Trinajstić information content (AvgIpc) is 2.75. The molecule has 0 spiro atoms. The van der Waals surface area contributed by atoms with Gasteiger partial charge >= 0.3 is 0 Å². The fraction of sp³-hybridized carbons (Fsp3) is 0.273. The van der Waals surface area contributed by atoms with Crippen LogP contribution in [0.25, 0.3) is 0 Å². The fourth-order valence-corrected chi connectivity index (χ4v) is 3.68. The number of hydrogen-bond acceptors (Lipinski definition) is 4. The molecule has 144 valence electrons. The van der Waals surface area contributed by atoms with Gasteiger partial charge in [-0.2, -0.15) is 5.10 Å². The van der Waals surface area contributed by atoms with Crippen molar-refractivity contribution < 1.29 is 4.74 Å². The standard InChI is InChI=1S/C22H22ClN3O2/c23-21-19(14-24-26(22(21)27)15-16-7-3-1-4-8-16)25-18-11-12-28-20(13-18)17-9-5-2-6-10-17/h1-10,14,18,20,25H,11-13,15H2. The molecule has 1 fully saturated rings. The van der Waals surface area contributed by atoms with Crippen molar-refractivity contribution in [2.75, 3.05) is 11.9 Å². The van der Waals surface area contributed by atoms with Gasteiger partial charge in [0.2, 0.25) is 0 Å². The summed E-state index contributed by atoms with van der Waals surface area (Å²) in [6.07, 6.45) is 3.34. The lowest BCUT2D eigenvalue weighted by atomic mass is 9.97. The van der Waals surface area contributed by atoms with Crippen LogP contribution in [0.15, 0.2) is 71.7 Å². The van der Waals surface area contributed by atoms with E-state index in [1.165, 1.54) is 4.68 Å². The van der Waals surface area contributed by atoms with Gasteiger partial charge < -0.3 is 10.1 Å². The van der Waals surface area contributed by atoms with E-state index in [4.69, 9.17) is 16.3 Å². The molecule has 1 saturated heterocycles. The summed E-state index contributed by atoms with van der Waals surface area (Å²) in [4.78, 5) is 12.6. The Morgan fingerprint density at radius 3 is 2.57 bits per heavy atom. The molecule has 1 aliphatic rings. The molecule has 0 bridgehead atoms. The van der Waals surface area contributed by atoms with E-state index in [9.17, 15) is 4.79 Å². The first-order chi connectivity index (χ1) is 13.7. The molecule has 2 atom stereocenters. The van der Waals surface area contributed by atoms with E-state index in [1.807, 2.05) is 48.5 Å². The van der Waals surface area contributed by atoms with E-state index in [2.05, 4.69) is 22.5 Å². The third-order valence-electron chi connectivity index (χ3n) is 4.97. The first-order valence-electron chi connectivity index (χ1n) is 9.43. The molecular weight excluding hydrogens is 374 g/mol. The van der Waals surface area contributed by atoms with Gasteiger partial charge in [0, 0.05) is 12.6 Å². The van der Waals surface area contributed by atoms with Gasteiger partial charge in [-0.05, 0) is 24.0 Å². The Labute approximate surface area is 168 Å². The van der Waals surface area contributed by atoms with Gasteiger partial charge in [-0.15, -0.1) is 0 Å². The minimum atomic E-state index is -0.290. The van der Waals surface area contributed by atoms with Crippen molar-refractivity contribution in [2.45, 2.75) is 31.5 Å². The molecule has 2 aromatic carbocycles. The van der Waals surface area contributed by atoms with E-state index < -0.39 is 0 Å². The quantitative estimate of drug-likeness (QED) is 0.700. The summed E-state index contributed by atoms with van der Waals surface area (Å²) in [5.41, 5.74) is 2.46. The minimum Gasteiger partial charge on any atom is -0.379 e. The largest absolute Gasteiger partial charge is 0.379 e. The second-order valence-corrected chi connectivity index (χ2v) is 7.33. The van der Waals surface area contributed by atoms with Crippen LogP contribution in [0.3, 0.4) is 0 Å². The molecular formula is C22H22ClN3O2. The zero-order valence-corrected chi connectivity index (χ0v) is 16.2. The maximum absolute atomic E-state index is 12.6. The second-order valence-electron chi connectivity index (χ2n) is 6.96. The highest BCUT2D eigenvalue weighted by Crippen LogP contribution is 2.30.